The third-order valence-corrected chi connectivity index (χ3v) is 5.31. The van der Waals surface area contributed by atoms with E-state index >= 15 is 0 Å². The standard InChI is InChI=1S/C21H27BrClNO2/c1-5-21(3,4)24-13-15-11-17(22)20(19(12-15)25-6-2)26-14-16-9-7-8-10-18(16)23/h7-12,24H,5-6,13-14H2,1-4H3. The summed E-state index contributed by atoms with van der Waals surface area (Å²) in [7, 11) is 0. The lowest BCUT2D eigenvalue weighted by molar-refractivity contribution is 0.267. The lowest BCUT2D eigenvalue weighted by Crippen LogP contribution is -2.37. The van der Waals surface area contributed by atoms with Crippen molar-refractivity contribution < 1.29 is 9.47 Å². The Bertz CT molecular complexity index is 734. The van der Waals surface area contributed by atoms with Gasteiger partial charge in [-0.25, -0.2) is 0 Å². The Morgan fingerprint density at radius 3 is 2.50 bits per heavy atom. The van der Waals surface area contributed by atoms with Gasteiger partial charge in [-0.3, -0.25) is 0 Å². The Hall–Kier alpha value is -1.23. The van der Waals surface area contributed by atoms with Gasteiger partial charge in [0.05, 0.1) is 11.1 Å². The maximum Gasteiger partial charge on any atom is 0.175 e. The highest BCUT2D eigenvalue weighted by molar-refractivity contribution is 9.10. The molecule has 0 fully saturated rings. The average Bonchev–Trinajstić information content (AvgIpc) is 2.61. The molecule has 2 rings (SSSR count). The number of halogens is 2. The summed E-state index contributed by atoms with van der Waals surface area (Å²) in [6.07, 6.45) is 1.06. The monoisotopic (exact) mass is 439 g/mol. The maximum absolute atomic E-state index is 6.22. The van der Waals surface area contributed by atoms with Crippen molar-refractivity contribution in [3.63, 3.8) is 0 Å². The van der Waals surface area contributed by atoms with E-state index in [-0.39, 0.29) is 5.54 Å². The molecule has 142 valence electrons. The molecule has 0 aliphatic heterocycles. The Kier molecular flexibility index (Phi) is 7.81. The largest absolute Gasteiger partial charge is 0.490 e. The predicted molar refractivity (Wildman–Crippen MR) is 112 cm³/mol. The van der Waals surface area contributed by atoms with Crippen molar-refractivity contribution >= 4 is 27.5 Å². The van der Waals surface area contributed by atoms with E-state index in [1.165, 1.54) is 0 Å². The van der Waals surface area contributed by atoms with Gasteiger partial charge in [0.2, 0.25) is 0 Å². The van der Waals surface area contributed by atoms with E-state index in [4.69, 9.17) is 21.1 Å². The van der Waals surface area contributed by atoms with Crippen molar-refractivity contribution in [2.24, 2.45) is 0 Å². The first-order valence-corrected chi connectivity index (χ1v) is 10.1. The van der Waals surface area contributed by atoms with E-state index in [1.807, 2.05) is 37.3 Å². The highest BCUT2D eigenvalue weighted by Gasteiger charge is 2.16. The second-order valence-corrected chi connectivity index (χ2v) is 8.07. The fraction of sp³-hybridized carbons (Fsp3) is 0.429. The molecule has 0 unspecified atom stereocenters. The van der Waals surface area contributed by atoms with Gasteiger partial charge in [-0.2, -0.15) is 0 Å². The number of hydrogen-bond acceptors (Lipinski definition) is 3. The third kappa shape index (κ3) is 5.90. The van der Waals surface area contributed by atoms with Crippen LogP contribution in [0.1, 0.15) is 45.2 Å². The molecule has 0 atom stereocenters. The topological polar surface area (TPSA) is 30.5 Å². The quantitative estimate of drug-likeness (QED) is 0.492. The van der Waals surface area contributed by atoms with Gasteiger partial charge < -0.3 is 14.8 Å². The van der Waals surface area contributed by atoms with E-state index in [0.717, 1.165) is 34.3 Å². The van der Waals surface area contributed by atoms with Gasteiger partial charge in [0.1, 0.15) is 6.61 Å². The molecule has 0 saturated carbocycles. The first kappa shape index (κ1) is 21.1. The third-order valence-electron chi connectivity index (χ3n) is 4.35. The molecule has 0 saturated heterocycles. The zero-order valence-electron chi connectivity index (χ0n) is 15.9. The second kappa shape index (κ2) is 9.63. The molecule has 3 nitrogen and oxygen atoms in total. The number of hydrogen-bond donors (Lipinski definition) is 1. The van der Waals surface area contributed by atoms with Gasteiger partial charge in [-0.05, 0) is 66.9 Å². The van der Waals surface area contributed by atoms with Gasteiger partial charge in [-0.1, -0.05) is 36.7 Å². The van der Waals surface area contributed by atoms with Crippen molar-refractivity contribution in [2.45, 2.75) is 52.8 Å². The summed E-state index contributed by atoms with van der Waals surface area (Å²) >= 11 is 9.85. The highest BCUT2D eigenvalue weighted by atomic mass is 79.9. The highest BCUT2D eigenvalue weighted by Crippen LogP contribution is 2.38. The van der Waals surface area contributed by atoms with Crippen LogP contribution in [0.2, 0.25) is 5.02 Å². The molecule has 0 bridgehead atoms. The van der Waals surface area contributed by atoms with Gasteiger partial charge in [0.25, 0.3) is 0 Å². The first-order chi connectivity index (χ1) is 12.4. The smallest absolute Gasteiger partial charge is 0.175 e. The summed E-state index contributed by atoms with van der Waals surface area (Å²) in [5.41, 5.74) is 2.18. The molecule has 0 spiro atoms. The van der Waals surface area contributed by atoms with Gasteiger partial charge >= 0.3 is 0 Å². The summed E-state index contributed by atoms with van der Waals surface area (Å²) < 4.78 is 12.7. The van der Waals surface area contributed by atoms with Crippen LogP contribution in [-0.2, 0) is 13.2 Å². The zero-order valence-corrected chi connectivity index (χ0v) is 18.2. The van der Waals surface area contributed by atoms with Gasteiger partial charge in [0.15, 0.2) is 11.5 Å². The van der Waals surface area contributed by atoms with Crippen LogP contribution in [0.3, 0.4) is 0 Å². The van der Waals surface area contributed by atoms with E-state index in [0.29, 0.717) is 24.0 Å². The molecular formula is C21H27BrClNO2. The summed E-state index contributed by atoms with van der Waals surface area (Å²) in [5.74, 6) is 1.44. The molecule has 0 amide bonds. The fourth-order valence-electron chi connectivity index (χ4n) is 2.36. The minimum Gasteiger partial charge on any atom is -0.490 e. The zero-order chi connectivity index (χ0) is 19.2. The van der Waals surface area contributed by atoms with Crippen molar-refractivity contribution in [3.8, 4) is 11.5 Å². The van der Waals surface area contributed by atoms with E-state index in [1.54, 1.807) is 0 Å². The molecule has 0 aliphatic rings. The Morgan fingerprint density at radius 2 is 1.85 bits per heavy atom. The lowest BCUT2D eigenvalue weighted by Gasteiger charge is -2.25. The van der Waals surface area contributed by atoms with E-state index in [2.05, 4.69) is 48.1 Å². The minimum atomic E-state index is 0.0947. The molecule has 2 aromatic carbocycles. The summed E-state index contributed by atoms with van der Waals surface area (Å²) in [6, 6.07) is 11.8. The maximum atomic E-state index is 6.22. The molecule has 1 N–H and O–H groups in total. The number of nitrogens with one attached hydrogen (secondary N) is 1. The van der Waals surface area contributed by atoms with Crippen LogP contribution in [0.15, 0.2) is 40.9 Å². The molecule has 0 aromatic heterocycles. The van der Waals surface area contributed by atoms with Gasteiger partial charge in [-0.15, -0.1) is 0 Å². The van der Waals surface area contributed by atoms with Gasteiger partial charge in [0, 0.05) is 22.7 Å². The molecular weight excluding hydrogens is 414 g/mol. The number of benzene rings is 2. The van der Waals surface area contributed by atoms with E-state index in [9.17, 15) is 0 Å². The summed E-state index contributed by atoms with van der Waals surface area (Å²) in [5, 5.41) is 4.27. The number of rotatable bonds is 9. The molecule has 0 heterocycles. The van der Waals surface area contributed by atoms with Crippen LogP contribution in [0.4, 0.5) is 0 Å². The summed E-state index contributed by atoms with van der Waals surface area (Å²) in [4.78, 5) is 0. The van der Waals surface area contributed by atoms with Crippen molar-refractivity contribution in [3.05, 3.63) is 57.0 Å². The molecule has 2 aromatic rings. The van der Waals surface area contributed by atoms with Crippen LogP contribution >= 0.6 is 27.5 Å². The Balaban J connectivity index is 2.19. The van der Waals surface area contributed by atoms with Crippen LogP contribution in [0.5, 0.6) is 11.5 Å². The lowest BCUT2D eigenvalue weighted by atomic mass is 10.0. The molecule has 26 heavy (non-hydrogen) atoms. The van der Waals surface area contributed by atoms with Crippen LogP contribution < -0.4 is 14.8 Å². The predicted octanol–water partition coefficient (Wildman–Crippen LogP) is 6.36. The van der Waals surface area contributed by atoms with Crippen molar-refractivity contribution in [1.29, 1.82) is 0 Å². The molecule has 0 radical (unpaired) electrons. The molecule has 0 aliphatic carbocycles. The van der Waals surface area contributed by atoms with Crippen molar-refractivity contribution in [1.82, 2.24) is 5.32 Å². The second-order valence-electron chi connectivity index (χ2n) is 6.81. The summed E-state index contributed by atoms with van der Waals surface area (Å²) in [6.45, 7) is 10.3. The SMILES string of the molecule is CCOc1cc(CNC(C)(C)CC)cc(Br)c1OCc1ccccc1Cl. The average molecular weight is 441 g/mol. The Labute approximate surface area is 170 Å². The number of ether oxygens (including phenoxy) is 2. The van der Waals surface area contributed by atoms with E-state index < -0.39 is 0 Å². The Morgan fingerprint density at radius 1 is 1.12 bits per heavy atom. The van der Waals surface area contributed by atoms with Crippen LogP contribution in [0, 0.1) is 0 Å². The van der Waals surface area contributed by atoms with Crippen molar-refractivity contribution in [2.75, 3.05) is 6.61 Å². The minimum absolute atomic E-state index is 0.0947. The van der Waals surface area contributed by atoms with Crippen LogP contribution in [-0.4, -0.2) is 12.1 Å². The first-order valence-electron chi connectivity index (χ1n) is 8.92. The normalized spacial score (nSPS) is 11.5. The molecule has 5 heteroatoms. The van der Waals surface area contributed by atoms with Crippen LogP contribution in [0.25, 0.3) is 0 Å². The fourth-order valence-corrected chi connectivity index (χ4v) is 3.15.